The molecule has 1 amide bonds. The monoisotopic (exact) mass is 382 g/mol. The normalized spacial score (nSPS) is 18.3. The van der Waals surface area contributed by atoms with Crippen LogP contribution in [0.3, 0.4) is 0 Å². The van der Waals surface area contributed by atoms with Crippen LogP contribution in [-0.2, 0) is 17.3 Å². The Morgan fingerprint density at radius 2 is 1.52 bits per heavy atom. The Hall–Kier alpha value is -3.53. The van der Waals surface area contributed by atoms with Crippen LogP contribution in [0.15, 0.2) is 79.0 Å². The van der Waals surface area contributed by atoms with Crippen LogP contribution in [0.5, 0.6) is 5.75 Å². The number of methoxy groups -OCH3 is 1. The molecule has 144 valence electrons. The third kappa shape index (κ3) is 2.23. The summed E-state index contributed by atoms with van der Waals surface area (Å²) < 4.78 is 7.46. The van der Waals surface area contributed by atoms with E-state index in [-0.39, 0.29) is 5.91 Å². The Labute approximate surface area is 170 Å². The second-order valence-corrected chi connectivity index (χ2v) is 7.53. The van der Waals surface area contributed by atoms with E-state index >= 15 is 0 Å². The Morgan fingerprint density at radius 1 is 0.828 bits per heavy atom. The third-order valence-corrected chi connectivity index (χ3v) is 6.12. The van der Waals surface area contributed by atoms with E-state index in [0.717, 1.165) is 39.0 Å². The number of nitrogens with zero attached hydrogens (tertiary/aromatic N) is 2. The van der Waals surface area contributed by atoms with E-state index in [2.05, 4.69) is 29.0 Å². The second kappa shape index (κ2) is 6.24. The number of anilines is 1. The first-order chi connectivity index (χ1) is 14.1. The van der Waals surface area contributed by atoms with Gasteiger partial charge in [0.1, 0.15) is 11.2 Å². The molecule has 3 aromatic carbocycles. The zero-order valence-electron chi connectivity index (χ0n) is 16.7. The molecule has 1 atom stereocenters. The van der Waals surface area contributed by atoms with Crippen molar-refractivity contribution in [2.45, 2.75) is 5.41 Å². The lowest BCUT2D eigenvalue weighted by Crippen LogP contribution is -2.40. The van der Waals surface area contributed by atoms with Gasteiger partial charge < -0.3 is 14.2 Å². The summed E-state index contributed by atoms with van der Waals surface area (Å²) in [5, 5.41) is 1.09. The molecule has 0 fully saturated rings. The second-order valence-electron chi connectivity index (χ2n) is 7.53. The Balaban J connectivity index is 1.92. The van der Waals surface area contributed by atoms with Gasteiger partial charge in [0.2, 0.25) is 5.91 Å². The molecule has 0 spiro atoms. The first-order valence-electron chi connectivity index (χ1n) is 9.65. The van der Waals surface area contributed by atoms with Crippen LogP contribution in [0.25, 0.3) is 10.9 Å². The lowest BCUT2D eigenvalue weighted by Gasteiger charge is -2.29. The molecule has 0 radical (unpaired) electrons. The van der Waals surface area contributed by atoms with Crippen LogP contribution in [-0.4, -0.2) is 24.6 Å². The van der Waals surface area contributed by atoms with Gasteiger partial charge in [0.25, 0.3) is 0 Å². The Kier molecular flexibility index (Phi) is 3.78. The number of hydrogen-bond acceptors (Lipinski definition) is 2. The van der Waals surface area contributed by atoms with Crippen molar-refractivity contribution in [3.05, 3.63) is 95.7 Å². The molecule has 0 aliphatic carbocycles. The zero-order valence-corrected chi connectivity index (χ0v) is 16.7. The molecule has 5 rings (SSSR count). The molecule has 1 unspecified atom stereocenters. The predicted octanol–water partition coefficient (Wildman–Crippen LogP) is 4.50. The lowest BCUT2D eigenvalue weighted by molar-refractivity contribution is -0.120. The van der Waals surface area contributed by atoms with Crippen molar-refractivity contribution in [2.75, 3.05) is 19.1 Å². The molecule has 0 saturated carbocycles. The summed E-state index contributed by atoms with van der Waals surface area (Å²) in [6, 6.07) is 24.2. The van der Waals surface area contributed by atoms with Crippen LogP contribution < -0.4 is 9.64 Å². The maximum absolute atomic E-state index is 14.0. The fourth-order valence-electron chi connectivity index (χ4n) is 4.74. The smallest absolute Gasteiger partial charge is 0.246 e. The largest absolute Gasteiger partial charge is 0.497 e. The molecule has 4 aromatic rings. The number of carbonyl (C=O) groups is 1. The summed E-state index contributed by atoms with van der Waals surface area (Å²) in [4.78, 5) is 15.8. The van der Waals surface area contributed by atoms with Gasteiger partial charge in [-0.15, -0.1) is 0 Å². The summed E-state index contributed by atoms with van der Waals surface area (Å²) >= 11 is 0. The SMILES string of the molecule is COc1ccc(C2(c3cn(C)c4ccccc34)C(=O)N(C)c3ccccc32)cc1. The number of benzene rings is 3. The van der Waals surface area contributed by atoms with E-state index in [1.165, 1.54) is 0 Å². The van der Waals surface area contributed by atoms with Gasteiger partial charge >= 0.3 is 0 Å². The van der Waals surface area contributed by atoms with Gasteiger partial charge in [0, 0.05) is 48.0 Å². The van der Waals surface area contributed by atoms with E-state index in [9.17, 15) is 4.79 Å². The number of rotatable bonds is 3. The molecule has 2 heterocycles. The van der Waals surface area contributed by atoms with Gasteiger partial charge in [-0.2, -0.15) is 0 Å². The van der Waals surface area contributed by atoms with Crippen molar-refractivity contribution in [2.24, 2.45) is 7.05 Å². The first-order valence-corrected chi connectivity index (χ1v) is 9.65. The van der Waals surface area contributed by atoms with Crippen molar-refractivity contribution >= 4 is 22.5 Å². The highest BCUT2D eigenvalue weighted by molar-refractivity contribution is 6.14. The van der Waals surface area contributed by atoms with Gasteiger partial charge in [-0.3, -0.25) is 4.79 Å². The fraction of sp³-hybridized carbons (Fsp3) is 0.160. The van der Waals surface area contributed by atoms with Crippen molar-refractivity contribution in [3.8, 4) is 5.75 Å². The third-order valence-electron chi connectivity index (χ3n) is 6.12. The molecule has 0 bridgehead atoms. The molecule has 1 aliphatic rings. The maximum Gasteiger partial charge on any atom is 0.246 e. The van der Waals surface area contributed by atoms with Crippen LogP contribution >= 0.6 is 0 Å². The minimum Gasteiger partial charge on any atom is -0.497 e. The molecular weight excluding hydrogens is 360 g/mol. The van der Waals surface area contributed by atoms with Gasteiger partial charge in [-0.05, 0) is 29.8 Å². The number of aryl methyl sites for hydroxylation is 1. The van der Waals surface area contributed by atoms with Crippen molar-refractivity contribution in [3.63, 3.8) is 0 Å². The maximum atomic E-state index is 14.0. The number of amides is 1. The molecule has 1 aromatic heterocycles. The topological polar surface area (TPSA) is 34.5 Å². The average Bonchev–Trinajstić information content (AvgIpc) is 3.22. The number of para-hydroxylation sites is 2. The van der Waals surface area contributed by atoms with Gasteiger partial charge in [0.05, 0.1) is 7.11 Å². The highest BCUT2D eigenvalue weighted by Crippen LogP contribution is 2.51. The van der Waals surface area contributed by atoms with Crippen LogP contribution in [0, 0.1) is 0 Å². The van der Waals surface area contributed by atoms with Crippen molar-refractivity contribution in [1.29, 1.82) is 0 Å². The van der Waals surface area contributed by atoms with E-state index in [1.807, 2.05) is 68.7 Å². The number of aromatic nitrogens is 1. The number of likely N-dealkylation sites (N-methyl/N-ethyl adjacent to an activating group) is 1. The zero-order chi connectivity index (χ0) is 20.2. The van der Waals surface area contributed by atoms with Gasteiger partial charge in [-0.25, -0.2) is 0 Å². The summed E-state index contributed by atoms with van der Waals surface area (Å²) in [7, 11) is 5.54. The predicted molar refractivity (Wildman–Crippen MR) is 116 cm³/mol. The van der Waals surface area contributed by atoms with Gasteiger partial charge in [0.15, 0.2) is 0 Å². The van der Waals surface area contributed by atoms with E-state index in [0.29, 0.717) is 0 Å². The summed E-state index contributed by atoms with van der Waals surface area (Å²) in [5.74, 6) is 0.828. The highest BCUT2D eigenvalue weighted by Gasteiger charge is 2.53. The molecule has 0 saturated heterocycles. The van der Waals surface area contributed by atoms with Crippen molar-refractivity contribution < 1.29 is 9.53 Å². The van der Waals surface area contributed by atoms with Crippen LogP contribution in [0.2, 0.25) is 0 Å². The number of fused-ring (bicyclic) bond motifs is 2. The highest BCUT2D eigenvalue weighted by atomic mass is 16.5. The molecular formula is C25H22N2O2. The molecule has 4 nitrogen and oxygen atoms in total. The Morgan fingerprint density at radius 3 is 2.28 bits per heavy atom. The number of hydrogen-bond donors (Lipinski definition) is 0. The summed E-state index contributed by atoms with van der Waals surface area (Å²) in [6.07, 6.45) is 2.10. The van der Waals surface area contributed by atoms with Crippen LogP contribution in [0.4, 0.5) is 5.69 Å². The van der Waals surface area contributed by atoms with Crippen molar-refractivity contribution in [1.82, 2.24) is 4.57 Å². The summed E-state index contributed by atoms with van der Waals surface area (Å²) in [6.45, 7) is 0. The minimum atomic E-state index is -0.904. The van der Waals surface area contributed by atoms with E-state index in [4.69, 9.17) is 4.74 Å². The Bertz CT molecular complexity index is 1240. The molecule has 1 aliphatic heterocycles. The molecule has 0 N–H and O–H groups in total. The van der Waals surface area contributed by atoms with E-state index in [1.54, 1.807) is 12.0 Å². The number of ether oxygens (including phenoxy) is 1. The minimum absolute atomic E-state index is 0.0558. The standard InChI is InChI=1S/C25H22N2O2/c1-26-16-21(19-8-4-6-10-22(19)26)25(17-12-14-18(29-3)15-13-17)20-9-5-7-11-23(20)27(2)24(25)28/h4-16H,1-3H3. The average molecular weight is 382 g/mol. The van der Waals surface area contributed by atoms with Crippen LogP contribution in [0.1, 0.15) is 16.7 Å². The fourth-order valence-corrected chi connectivity index (χ4v) is 4.74. The first kappa shape index (κ1) is 17.6. The lowest BCUT2D eigenvalue weighted by atomic mass is 9.70. The molecule has 29 heavy (non-hydrogen) atoms. The summed E-state index contributed by atoms with van der Waals surface area (Å²) in [5.41, 5.74) is 4.10. The van der Waals surface area contributed by atoms with Gasteiger partial charge in [-0.1, -0.05) is 48.5 Å². The van der Waals surface area contributed by atoms with E-state index < -0.39 is 5.41 Å². The molecule has 4 heteroatoms. The quantitative estimate of drug-likeness (QED) is 0.523. The number of carbonyl (C=O) groups excluding carboxylic acids is 1.